The van der Waals surface area contributed by atoms with Gasteiger partial charge in [-0.25, -0.2) is 4.39 Å². The molecular weight excluding hydrogens is 389 g/mol. The van der Waals surface area contributed by atoms with Gasteiger partial charge >= 0.3 is 0 Å². The highest BCUT2D eigenvalue weighted by Crippen LogP contribution is 2.35. The van der Waals surface area contributed by atoms with Gasteiger partial charge in [-0.05, 0) is 34.4 Å². The second kappa shape index (κ2) is 9.51. The van der Waals surface area contributed by atoms with Gasteiger partial charge in [0, 0.05) is 19.5 Å². The van der Waals surface area contributed by atoms with Gasteiger partial charge in [0.25, 0.3) is 0 Å². The molecule has 3 aromatic carbocycles. The molecule has 1 saturated heterocycles. The molecule has 1 aliphatic rings. The van der Waals surface area contributed by atoms with Crippen LogP contribution in [0.5, 0.6) is 0 Å². The number of hydrogen-bond donors (Lipinski definition) is 2. The molecule has 0 bridgehead atoms. The molecule has 0 radical (unpaired) electrons. The first-order valence-electron chi connectivity index (χ1n) is 9.61. The first-order valence-corrected chi connectivity index (χ1v) is 9.61. The maximum Gasteiger partial charge on any atom is 0.123 e. The number of benzene rings is 3. The van der Waals surface area contributed by atoms with Crippen LogP contribution in [-0.2, 0) is 16.8 Å². The number of halogens is 2. The van der Waals surface area contributed by atoms with Crippen molar-refractivity contribution in [3.8, 4) is 11.1 Å². The molecule has 0 saturated carbocycles. The van der Waals surface area contributed by atoms with E-state index in [2.05, 4.69) is 5.32 Å². The third kappa shape index (κ3) is 4.68. The lowest BCUT2D eigenvalue weighted by molar-refractivity contribution is -0.124. The van der Waals surface area contributed by atoms with Crippen molar-refractivity contribution in [3.63, 3.8) is 0 Å². The SMILES string of the molecule is Cl.O[C@](Cc1cc(F)ccc1-c1ccccc1)(c1ccccc1)[C@@H]1CNCCO1. The van der Waals surface area contributed by atoms with Gasteiger partial charge in [0.05, 0.1) is 6.61 Å². The van der Waals surface area contributed by atoms with Gasteiger partial charge in [-0.2, -0.15) is 0 Å². The Bertz CT molecular complexity index is 917. The summed E-state index contributed by atoms with van der Waals surface area (Å²) in [5, 5.41) is 15.1. The monoisotopic (exact) mass is 413 g/mol. The van der Waals surface area contributed by atoms with Crippen molar-refractivity contribution < 1.29 is 14.2 Å². The van der Waals surface area contributed by atoms with Gasteiger partial charge in [-0.15, -0.1) is 12.4 Å². The number of morpholine rings is 1. The fourth-order valence-electron chi connectivity index (χ4n) is 3.90. The Hall–Kier alpha value is -2.24. The van der Waals surface area contributed by atoms with Crippen molar-refractivity contribution in [3.05, 3.63) is 95.8 Å². The van der Waals surface area contributed by atoms with E-state index in [9.17, 15) is 9.50 Å². The fourth-order valence-corrected chi connectivity index (χ4v) is 3.90. The second-order valence-corrected chi connectivity index (χ2v) is 7.20. The lowest BCUT2D eigenvalue weighted by Gasteiger charge is -2.39. The van der Waals surface area contributed by atoms with Crippen LogP contribution < -0.4 is 5.32 Å². The van der Waals surface area contributed by atoms with Gasteiger partial charge in [0.2, 0.25) is 0 Å². The summed E-state index contributed by atoms with van der Waals surface area (Å²) in [6.07, 6.45) is -0.165. The van der Waals surface area contributed by atoms with E-state index in [0.29, 0.717) is 13.2 Å². The number of rotatable bonds is 5. The summed E-state index contributed by atoms with van der Waals surface area (Å²) < 4.78 is 20.1. The van der Waals surface area contributed by atoms with Crippen LogP contribution in [0.4, 0.5) is 4.39 Å². The van der Waals surface area contributed by atoms with Crippen LogP contribution in [0.1, 0.15) is 11.1 Å². The molecule has 3 aromatic rings. The third-order valence-corrected chi connectivity index (χ3v) is 5.35. The third-order valence-electron chi connectivity index (χ3n) is 5.35. The van der Waals surface area contributed by atoms with Gasteiger partial charge < -0.3 is 15.2 Å². The Morgan fingerprint density at radius 3 is 2.34 bits per heavy atom. The van der Waals surface area contributed by atoms with E-state index in [1.807, 2.05) is 60.7 Å². The lowest BCUT2D eigenvalue weighted by Crippen LogP contribution is -2.52. The molecule has 1 fully saturated rings. The molecule has 0 unspecified atom stereocenters. The molecule has 0 aromatic heterocycles. The van der Waals surface area contributed by atoms with E-state index in [0.717, 1.165) is 28.8 Å². The van der Waals surface area contributed by atoms with Crippen molar-refractivity contribution >= 4 is 12.4 Å². The number of aliphatic hydroxyl groups is 1. The van der Waals surface area contributed by atoms with E-state index in [4.69, 9.17) is 4.74 Å². The van der Waals surface area contributed by atoms with Gasteiger partial charge in [0.15, 0.2) is 0 Å². The highest BCUT2D eigenvalue weighted by Gasteiger charge is 2.41. The van der Waals surface area contributed by atoms with Crippen LogP contribution in [0, 0.1) is 5.82 Å². The Kier molecular flexibility index (Phi) is 7.04. The van der Waals surface area contributed by atoms with E-state index in [1.54, 1.807) is 6.07 Å². The maximum atomic E-state index is 14.2. The average molecular weight is 414 g/mol. The van der Waals surface area contributed by atoms with E-state index >= 15 is 0 Å². The number of nitrogens with one attached hydrogen (secondary N) is 1. The molecule has 0 aliphatic carbocycles. The Morgan fingerprint density at radius 2 is 1.69 bits per heavy atom. The molecular formula is C24H25ClFNO2. The lowest BCUT2D eigenvalue weighted by atomic mass is 9.80. The zero-order valence-corrected chi connectivity index (χ0v) is 16.9. The molecule has 2 atom stereocenters. The zero-order valence-electron chi connectivity index (χ0n) is 16.1. The predicted octanol–water partition coefficient (Wildman–Crippen LogP) is 4.33. The highest BCUT2D eigenvalue weighted by atomic mass is 35.5. The standard InChI is InChI=1S/C24H24FNO2.ClH/c25-21-11-12-22(18-7-3-1-4-8-18)19(15-21)16-24(27,20-9-5-2-6-10-20)23-17-26-13-14-28-23;/h1-12,15,23,26-27H,13-14,16-17H2;1H/t23-,24+;/m0./s1. The summed E-state index contributed by atoms with van der Waals surface area (Å²) in [4.78, 5) is 0. The van der Waals surface area contributed by atoms with Crippen molar-refractivity contribution in [1.29, 1.82) is 0 Å². The van der Waals surface area contributed by atoms with Crippen LogP contribution in [0.25, 0.3) is 11.1 Å². The molecule has 2 N–H and O–H groups in total. The smallest absolute Gasteiger partial charge is 0.123 e. The molecule has 1 aliphatic heterocycles. The molecule has 0 amide bonds. The zero-order chi connectivity index (χ0) is 19.4. The van der Waals surface area contributed by atoms with Crippen LogP contribution in [-0.4, -0.2) is 30.9 Å². The normalized spacial score (nSPS) is 18.5. The minimum atomic E-state index is -1.27. The first-order chi connectivity index (χ1) is 13.7. The average Bonchev–Trinajstić information content (AvgIpc) is 2.76. The summed E-state index contributed by atoms with van der Waals surface area (Å²) in [6, 6.07) is 24.2. The molecule has 29 heavy (non-hydrogen) atoms. The Balaban J connectivity index is 0.00000240. The molecule has 5 heteroatoms. The minimum Gasteiger partial charge on any atom is -0.382 e. The second-order valence-electron chi connectivity index (χ2n) is 7.20. The summed E-state index contributed by atoms with van der Waals surface area (Å²) in [7, 11) is 0. The highest BCUT2D eigenvalue weighted by molar-refractivity contribution is 5.85. The molecule has 3 nitrogen and oxygen atoms in total. The van der Waals surface area contributed by atoms with Crippen molar-refractivity contribution in [2.45, 2.75) is 18.1 Å². The minimum absolute atomic E-state index is 0. The van der Waals surface area contributed by atoms with Crippen LogP contribution in [0.15, 0.2) is 78.9 Å². The van der Waals surface area contributed by atoms with Crippen LogP contribution >= 0.6 is 12.4 Å². The molecule has 1 heterocycles. The van der Waals surface area contributed by atoms with Crippen molar-refractivity contribution in [2.75, 3.05) is 19.7 Å². The Morgan fingerprint density at radius 1 is 1.00 bits per heavy atom. The van der Waals surface area contributed by atoms with Gasteiger partial charge in [0.1, 0.15) is 17.5 Å². The fraction of sp³-hybridized carbons (Fsp3) is 0.250. The maximum absolute atomic E-state index is 14.2. The van der Waals surface area contributed by atoms with Crippen LogP contribution in [0.2, 0.25) is 0 Å². The molecule has 0 spiro atoms. The topological polar surface area (TPSA) is 41.5 Å². The molecule has 4 rings (SSSR count). The summed E-state index contributed by atoms with van der Waals surface area (Å²) in [5.74, 6) is -0.312. The van der Waals surface area contributed by atoms with Crippen molar-refractivity contribution in [2.24, 2.45) is 0 Å². The van der Waals surface area contributed by atoms with E-state index in [1.165, 1.54) is 12.1 Å². The van der Waals surface area contributed by atoms with E-state index in [-0.39, 0.29) is 24.6 Å². The largest absolute Gasteiger partial charge is 0.382 e. The Labute approximate surface area is 177 Å². The quantitative estimate of drug-likeness (QED) is 0.654. The summed E-state index contributed by atoms with van der Waals surface area (Å²) in [6.45, 7) is 1.84. The van der Waals surface area contributed by atoms with Gasteiger partial charge in [-0.1, -0.05) is 66.7 Å². The van der Waals surface area contributed by atoms with E-state index < -0.39 is 11.7 Å². The number of ether oxygens (including phenoxy) is 1. The predicted molar refractivity (Wildman–Crippen MR) is 116 cm³/mol. The summed E-state index contributed by atoms with van der Waals surface area (Å²) >= 11 is 0. The van der Waals surface area contributed by atoms with Crippen molar-refractivity contribution in [1.82, 2.24) is 5.32 Å². The van der Waals surface area contributed by atoms with Gasteiger partial charge in [-0.3, -0.25) is 0 Å². The number of hydrogen-bond acceptors (Lipinski definition) is 3. The molecule has 152 valence electrons. The van der Waals surface area contributed by atoms with Crippen LogP contribution in [0.3, 0.4) is 0 Å². The first kappa shape index (κ1) is 21.5. The summed E-state index contributed by atoms with van der Waals surface area (Å²) in [5.41, 5.74) is 2.17.